The van der Waals surface area contributed by atoms with Gasteiger partial charge in [-0.25, -0.2) is 0 Å². The molecule has 0 spiro atoms. The van der Waals surface area contributed by atoms with Crippen molar-refractivity contribution in [3.8, 4) is 0 Å². The number of hydrogen-bond donors (Lipinski definition) is 0. The van der Waals surface area contributed by atoms with Crippen molar-refractivity contribution < 1.29 is 8.85 Å². The Balaban J connectivity index is 1.93. The van der Waals surface area contributed by atoms with Gasteiger partial charge in [-0.1, -0.05) is 87.4 Å². The van der Waals surface area contributed by atoms with E-state index in [2.05, 4.69) is 81.4 Å². The summed E-state index contributed by atoms with van der Waals surface area (Å²) in [5, 5.41) is 2.44. The minimum Gasteiger partial charge on any atom is -0.388 e. The van der Waals surface area contributed by atoms with E-state index in [9.17, 15) is 0 Å². The van der Waals surface area contributed by atoms with Gasteiger partial charge in [0.2, 0.25) is 0 Å². The number of benzene rings is 2. The van der Waals surface area contributed by atoms with E-state index < -0.39 is 8.56 Å². The van der Waals surface area contributed by atoms with Gasteiger partial charge in [0.25, 0.3) is 0 Å². The summed E-state index contributed by atoms with van der Waals surface area (Å²) in [6.07, 6.45) is 7.71. The molecule has 3 rings (SSSR count). The van der Waals surface area contributed by atoms with Gasteiger partial charge in [0, 0.05) is 12.7 Å². The largest absolute Gasteiger partial charge is 0.407 e. The van der Waals surface area contributed by atoms with E-state index in [1.807, 2.05) is 0 Å². The first kappa shape index (κ1) is 21.3. The van der Waals surface area contributed by atoms with Crippen LogP contribution in [-0.4, -0.2) is 21.3 Å². The second-order valence-corrected chi connectivity index (χ2v) is 11.5. The summed E-state index contributed by atoms with van der Waals surface area (Å²) >= 11 is 0. The van der Waals surface area contributed by atoms with Gasteiger partial charge in [0.15, 0.2) is 0 Å². The lowest BCUT2D eigenvalue weighted by atomic mass is 10.0. The Morgan fingerprint density at radius 3 is 1.89 bits per heavy atom. The van der Waals surface area contributed by atoms with E-state index in [-0.39, 0.29) is 6.10 Å². The predicted molar refractivity (Wildman–Crippen MR) is 120 cm³/mol. The maximum atomic E-state index is 7.02. The number of rotatable bonds is 10. The van der Waals surface area contributed by atoms with Crippen molar-refractivity contribution in [2.45, 2.75) is 65.4 Å². The van der Waals surface area contributed by atoms with Crippen molar-refractivity contribution in [3.05, 3.63) is 60.7 Å². The Bertz CT molecular complexity index is 641. The molecule has 0 aromatic heterocycles. The Labute approximate surface area is 172 Å². The van der Waals surface area contributed by atoms with E-state index in [0.29, 0.717) is 11.8 Å². The van der Waals surface area contributed by atoms with Crippen LogP contribution in [0.25, 0.3) is 0 Å². The van der Waals surface area contributed by atoms with E-state index in [0.717, 1.165) is 13.0 Å². The molecular weight excluding hydrogens is 360 g/mol. The van der Waals surface area contributed by atoms with Crippen LogP contribution in [0.3, 0.4) is 0 Å². The van der Waals surface area contributed by atoms with Crippen LogP contribution >= 0.6 is 0 Å². The summed E-state index contributed by atoms with van der Waals surface area (Å²) < 4.78 is 13.8. The van der Waals surface area contributed by atoms with E-state index in [1.165, 1.54) is 42.5 Å². The first-order valence-corrected chi connectivity index (χ1v) is 12.9. The van der Waals surface area contributed by atoms with Crippen LogP contribution in [0.2, 0.25) is 0 Å². The molecule has 1 unspecified atom stereocenters. The van der Waals surface area contributed by atoms with Gasteiger partial charge in [0.05, 0.1) is 0 Å². The van der Waals surface area contributed by atoms with Crippen molar-refractivity contribution in [1.29, 1.82) is 0 Å². The highest BCUT2D eigenvalue weighted by molar-refractivity contribution is 6.92. The van der Waals surface area contributed by atoms with Crippen molar-refractivity contribution in [3.63, 3.8) is 0 Å². The molecule has 28 heavy (non-hydrogen) atoms. The molecule has 0 N–H and O–H groups in total. The lowest BCUT2D eigenvalue weighted by Gasteiger charge is -2.36. The summed E-state index contributed by atoms with van der Waals surface area (Å²) in [4.78, 5) is 0. The molecule has 1 atom stereocenters. The van der Waals surface area contributed by atoms with Crippen LogP contribution in [0.1, 0.15) is 59.3 Å². The first-order chi connectivity index (χ1) is 13.6. The molecule has 2 nitrogen and oxygen atoms in total. The third kappa shape index (κ3) is 5.34. The van der Waals surface area contributed by atoms with Gasteiger partial charge in [-0.2, -0.15) is 0 Å². The molecule has 0 aliphatic heterocycles. The fourth-order valence-electron chi connectivity index (χ4n) is 4.31. The van der Waals surface area contributed by atoms with E-state index in [4.69, 9.17) is 8.85 Å². The van der Waals surface area contributed by atoms with Crippen molar-refractivity contribution >= 4 is 18.9 Å². The molecule has 0 saturated heterocycles. The van der Waals surface area contributed by atoms with Crippen LogP contribution in [0.15, 0.2) is 60.7 Å². The normalized spacial score (nSPS) is 16.6. The van der Waals surface area contributed by atoms with Gasteiger partial charge in [-0.15, -0.1) is 0 Å². The maximum absolute atomic E-state index is 7.02. The monoisotopic (exact) mass is 396 g/mol. The highest BCUT2D eigenvalue weighted by Gasteiger charge is 2.45. The molecule has 1 aliphatic rings. The molecule has 2 aromatic rings. The summed E-state index contributed by atoms with van der Waals surface area (Å²) in [6.45, 7) is 7.57. The minimum absolute atomic E-state index is 0.222. The van der Waals surface area contributed by atoms with Crippen molar-refractivity contribution in [1.82, 2.24) is 0 Å². The standard InChI is InChI=1S/C25H36O2Si/c1-21(2)13-12-20-26-28(24-16-6-4-7-17-24,25-18-8-5-9-19-25)27-22(3)23-14-10-11-15-23/h4-9,16-19,21-23H,10-15,20H2,1-3H3. The molecule has 1 saturated carbocycles. The zero-order chi connectivity index (χ0) is 19.8. The summed E-state index contributed by atoms with van der Waals surface area (Å²) in [6, 6.07) is 21.4. The maximum Gasteiger partial charge on any atom is 0.407 e. The van der Waals surface area contributed by atoms with Crippen LogP contribution in [-0.2, 0) is 8.85 Å². The van der Waals surface area contributed by atoms with Gasteiger partial charge >= 0.3 is 8.56 Å². The molecule has 2 aromatic carbocycles. The Morgan fingerprint density at radius 2 is 1.39 bits per heavy atom. The van der Waals surface area contributed by atoms with E-state index in [1.54, 1.807) is 0 Å². The molecule has 0 radical (unpaired) electrons. The molecule has 1 fully saturated rings. The highest BCUT2D eigenvalue weighted by atomic mass is 28.4. The topological polar surface area (TPSA) is 18.5 Å². The first-order valence-electron chi connectivity index (χ1n) is 11.0. The fourth-order valence-corrected chi connectivity index (χ4v) is 7.73. The van der Waals surface area contributed by atoms with Gasteiger partial charge in [-0.3, -0.25) is 0 Å². The summed E-state index contributed by atoms with van der Waals surface area (Å²) in [5.41, 5.74) is 0. The summed E-state index contributed by atoms with van der Waals surface area (Å²) in [5.74, 6) is 1.35. The predicted octanol–water partition coefficient (Wildman–Crippen LogP) is 5.29. The second kappa shape index (κ2) is 10.4. The van der Waals surface area contributed by atoms with Crippen LogP contribution in [0.4, 0.5) is 0 Å². The van der Waals surface area contributed by atoms with E-state index >= 15 is 0 Å². The highest BCUT2D eigenvalue weighted by Crippen LogP contribution is 2.30. The molecule has 0 bridgehead atoms. The quantitative estimate of drug-likeness (QED) is 0.401. The third-order valence-electron chi connectivity index (χ3n) is 5.95. The number of hydrogen-bond acceptors (Lipinski definition) is 2. The Morgan fingerprint density at radius 1 is 0.857 bits per heavy atom. The Hall–Kier alpha value is -1.42. The molecule has 3 heteroatoms. The van der Waals surface area contributed by atoms with Crippen LogP contribution in [0, 0.1) is 11.8 Å². The van der Waals surface area contributed by atoms with Crippen LogP contribution in [0.5, 0.6) is 0 Å². The van der Waals surface area contributed by atoms with Gasteiger partial charge < -0.3 is 8.85 Å². The lowest BCUT2D eigenvalue weighted by molar-refractivity contribution is 0.0991. The summed E-state index contributed by atoms with van der Waals surface area (Å²) in [7, 11) is -2.75. The zero-order valence-corrected chi connectivity index (χ0v) is 18.8. The van der Waals surface area contributed by atoms with Crippen LogP contribution < -0.4 is 10.4 Å². The fraction of sp³-hybridized carbons (Fsp3) is 0.520. The van der Waals surface area contributed by atoms with Gasteiger partial charge in [-0.05, 0) is 54.8 Å². The zero-order valence-electron chi connectivity index (χ0n) is 17.8. The lowest BCUT2D eigenvalue weighted by Crippen LogP contribution is -2.65. The smallest absolute Gasteiger partial charge is 0.388 e. The average Bonchev–Trinajstić information content (AvgIpc) is 3.26. The molecular formula is C25H36O2Si. The molecule has 0 heterocycles. The molecule has 152 valence electrons. The van der Waals surface area contributed by atoms with Crippen molar-refractivity contribution in [2.75, 3.05) is 6.61 Å². The Kier molecular flexibility index (Phi) is 7.89. The van der Waals surface area contributed by atoms with Gasteiger partial charge in [0.1, 0.15) is 0 Å². The SMILES string of the molecule is CC(C)CCCO[Si](OC(C)C1CCCC1)(c1ccccc1)c1ccccc1. The third-order valence-corrected chi connectivity index (χ3v) is 9.46. The minimum atomic E-state index is -2.75. The molecule has 0 amide bonds. The van der Waals surface area contributed by atoms with Crippen molar-refractivity contribution in [2.24, 2.45) is 11.8 Å². The second-order valence-electron chi connectivity index (χ2n) is 8.60. The average molecular weight is 397 g/mol. The molecule has 1 aliphatic carbocycles.